The summed E-state index contributed by atoms with van der Waals surface area (Å²) in [6.07, 6.45) is 4.56. The summed E-state index contributed by atoms with van der Waals surface area (Å²) in [7, 11) is -3.53. The quantitative estimate of drug-likeness (QED) is 0.738. The summed E-state index contributed by atoms with van der Waals surface area (Å²) >= 11 is 0. The summed E-state index contributed by atoms with van der Waals surface area (Å²) in [6.45, 7) is 3.70. The van der Waals surface area contributed by atoms with Crippen molar-refractivity contribution >= 4 is 16.2 Å². The van der Waals surface area contributed by atoms with Crippen molar-refractivity contribution in [3.8, 4) is 0 Å². The minimum atomic E-state index is -3.53. The summed E-state index contributed by atoms with van der Waals surface area (Å²) in [5.41, 5.74) is 1.02. The molecule has 0 spiro atoms. The van der Waals surface area contributed by atoms with E-state index in [-0.39, 0.29) is 4.90 Å². The molecular weight excluding hydrogens is 210 g/mol. The van der Waals surface area contributed by atoms with E-state index >= 15 is 0 Å². The van der Waals surface area contributed by atoms with E-state index in [9.17, 15) is 8.42 Å². The SMILES string of the molecule is C/C=C/C=N/S(=O)(=O)c1ccc(C)cc1. The molecule has 1 aromatic rings. The van der Waals surface area contributed by atoms with Crippen molar-refractivity contribution in [1.29, 1.82) is 0 Å². The van der Waals surface area contributed by atoms with Gasteiger partial charge in [0.2, 0.25) is 0 Å². The molecule has 0 N–H and O–H groups in total. The lowest BCUT2D eigenvalue weighted by molar-refractivity contribution is 0.598. The lowest BCUT2D eigenvalue weighted by atomic mass is 10.2. The number of sulfonamides is 1. The number of benzene rings is 1. The number of rotatable bonds is 3. The Kier molecular flexibility index (Phi) is 3.80. The molecule has 0 aliphatic carbocycles. The zero-order valence-corrected chi connectivity index (χ0v) is 9.53. The van der Waals surface area contributed by atoms with E-state index in [0.29, 0.717) is 0 Å². The molecule has 0 aliphatic heterocycles. The second-order valence-electron chi connectivity index (χ2n) is 3.07. The highest BCUT2D eigenvalue weighted by atomic mass is 32.2. The van der Waals surface area contributed by atoms with E-state index in [0.717, 1.165) is 5.56 Å². The highest BCUT2D eigenvalue weighted by Gasteiger charge is 2.09. The second kappa shape index (κ2) is 4.89. The molecule has 0 saturated carbocycles. The first-order chi connectivity index (χ1) is 7.06. The number of nitrogens with zero attached hydrogens (tertiary/aromatic N) is 1. The van der Waals surface area contributed by atoms with E-state index in [1.807, 2.05) is 6.92 Å². The van der Waals surface area contributed by atoms with Crippen LogP contribution < -0.4 is 0 Å². The van der Waals surface area contributed by atoms with Crippen LogP contribution in [0.15, 0.2) is 45.7 Å². The first-order valence-corrected chi connectivity index (χ1v) is 5.98. The van der Waals surface area contributed by atoms with Crippen molar-refractivity contribution in [3.63, 3.8) is 0 Å². The smallest absolute Gasteiger partial charge is 0.199 e. The molecule has 15 heavy (non-hydrogen) atoms. The van der Waals surface area contributed by atoms with Crippen molar-refractivity contribution in [1.82, 2.24) is 0 Å². The van der Waals surface area contributed by atoms with Crippen LogP contribution in [0.3, 0.4) is 0 Å². The Morgan fingerprint density at radius 1 is 1.20 bits per heavy atom. The van der Waals surface area contributed by atoms with Gasteiger partial charge in [0.1, 0.15) is 0 Å². The molecule has 0 aromatic heterocycles. The third-order valence-corrected chi connectivity index (χ3v) is 3.06. The number of hydrogen-bond donors (Lipinski definition) is 0. The van der Waals surface area contributed by atoms with Crippen LogP contribution in [-0.2, 0) is 10.0 Å². The van der Waals surface area contributed by atoms with Crippen molar-refractivity contribution in [2.24, 2.45) is 4.40 Å². The minimum Gasteiger partial charge on any atom is -0.199 e. The second-order valence-corrected chi connectivity index (χ2v) is 4.70. The van der Waals surface area contributed by atoms with Gasteiger partial charge in [0.25, 0.3) is 10.0 Å². The Balaban J connectivity index is 3.01. The first kappa shape index (κ1) is 11.7. The van der Waals surface area contributed by atoms with Crippen LogP contribution >= 0.6 is 0 Å². The van der Waals surface area contributed by atoms with Gasteiger partial charge in [-0.05, 0) is 32.1 Å². The molecule has 0 bridgehead atoms. The molecular formula is C11H13NO2S. The standard InChI is InChI=1S/C11H13NO2S/c1-3-4-9-12-15(13,14)11-7-5-10(2)6-8-11/h3-9H,1-2H3/b4-3+,12-9+. The Labute approximate surface area is 90.2 Å². The predicted molar refractivity (Wildman–Crippen MR) is 61.7 cm³/mol. The van der Waals surface area contributed by atoms with Crippen LogP contribution in [0.1, 0.15) is 12.5 Å². The summed E-state index contributed by atoms with van der Waals surface area (Å²) in [4.78, 5) is 0.217. The largest absolute Gasteiger partial charge is 0.282 e. The van der Waals surface area contributed by atoms with Gasteiger partial charge in [0.05, 0.1) is 4.90 Å². The van der Waals surface area contributed by atoms with Gasteiger partial charge >= 0.3 is 0 Å². The topological polar surface area (TPSA) is 46.5 Å². The fourth-order valence-electron chi connectivity index (χ4n) is 0.972. The van der Waals surface area contributed by atoms with Gasteiger partial charge in [-0.2, -0.15) is 12.8 Å². The van der Waals surface area contributed by atoms with Crippen molar-refractivity contribution in [2.45, 2.75) is 18.7 Å². The van der Waals surface area contributed by atoms with Crippen LogP contribution in [-0.4, -0.2) is 14.6 Å². The van der Waals surface area contributed by atoms with Gasteiger partial charge in [-0.1, -0.05) is 23.8 Å². The summed E-state index contributed by atoms with van der Waals surface area (Å²) in [5, 5.41) is 0. The van der Waals surface area contributed by atoms with Crippen LogP contribution in [0, 0.1) is 6.92 Å². The maximum absolute atomic E-state index is 11.6. The van der Waals surface area contributed by atoms with Gasteiger partial charge in [-0.25, -0.2) is 0 Å². The molecule has 1 rings (SSSR count). The van der Waals surface area contributed by atoms with Crippen molar-refractivity contribution < 1.29 is 8.42 Å². The Hall–Kier alpha value is -1.42. The molecule has 4 heteroatoms. The highest BCUT2D eigenvalue weighted by Crippen LogP contribution is 2.12. The predicted octanol–water partition coefficient (Wildman–Crippen LogP) is 2.33. The average molecular weight is 223 g/mol. The van der Waals surface area contributed by atoms with Gasteiger partial charge < -0.3 is 0 Å². The van der Waals surface area contributed by atoms with Gasteiger partial charge in [0.15, 0.2) is 0 Å². The van der Waals surface area contributed by atoms with E-state index < -0.39 is 10.0 Å². The highest BCUT2D eigenvalue weighted by molar-refractivity contribution is 7.90. The monoisotopic (exact) mass is 223 g/mol. The fraction of sp³-hybridized carbons (Fsp3) is 0.182. The Morgan fingerprint density at radius 2 is 1.80 bits per heavy atom. The van der Waals surface area contributed by atoms with Crippen molar-refractivity contribution in [2.75, 3.05) is 0 Å². The van der Waals surface area contributed by atoms with Gasteiger partial charge in [-0.3, -0.25) is 0 Å². The molecule has 0 unspecified atom stereocenters. The minimum absolute atomic E-state index is 0.217. The fourth-order valence-corrected chi connectivity index (χ4v) is 1.80. The van der Waals surface area contributed by atoms with E-state index in [1.165, 1.54) is 6.21 Å². The first-order valence-electron chi connectivity index (χ1n) is 4.54. The van der Waals surface area contributed by atoms with E-state index in [1.54, 1.807) is 43.3 Å². The summed E-state index contributed by atoms with van der Waals surface area (Å²) < 4.78 is 26.7. The Morgan fingerprint density at radius 3 is 2.33 bits per heavy atom. The lowest BCUT2D eigenvalue weighted by Gasteiger charge is -1.97. The maximum Gasteiger partial charge on any atom is 0.282 e. The van der Waals surface area contributed by atoms with Crippen LogP contribution in [0.25, 0.3) is 0 Å². The molecule has 3 nitrogen and oxygen atoms in total. The summed E-state index contributed by atoms with van der Waals surface area (Å²) in [6, 6.07) is 6.60. The number of aryl methyl sites for hydroxylation is 1. The Bertz CT molecular complexity index is 470. The molecule has 0 amide bonds. The molecule has 0 aliphatic rings. The third kappa shape index (κ3) is 3.32. The molecule has 0 fully saturated rings. The van der Waals surface area contributed by atoms with Gasteiger partial charge in [0, 0.05) is 6.21 Å². The maximum atomic E-state index is 11.6. The van der Waals surface area contributed by atoms with E-state index in [4.69, 9.17) is 0 Å². The van der Waals surface area contributed by atoms with E-state index in [2.05, 4.69) is 4.40 Å². The molecule has 80 valence electrons. The van der Waals surface area contributed by atoms with Crippen LogP contribution in [0.2, 0.25) is 0 Å². The average Bonchev–Trinajstić information content (AvgIpc) is 2.18. The zero-order chi connectivity index (χ0) is 11.3. The van der Waals surface area contributed by atoms with Crippen molar-refractivity contribution in [3.05, 3.63) is 42.0 Å². The molecule has 1 aromatic carbocycles. The molecule has 0 saturated heterocycles. The zero-order valence-electron chi connectivity index (χ0n) is 8.71. The molecule has 0 atom stereocenters. The molecule has 0 heterocycles. The molecule has 0 radical (unpaired) electrons. The van der Waals surface area contributed by atoms with Crippen LogP contribution in [0.4, 0.5) is 0 Å². The normalized spacial score (nSPS) is 12.7. The number of hydrogen-bond acceptors (Lipinski definition) is 2. The number of allylic oxidation sites excluding steroid dienone is 2. The van der Waals surface area contributed by atoms with Gasteiger partial charge in [-0.15, -0.1) is 0 Å². The third-order valence-electron chi connectivity index (χ3n) is 1.80. The summed E-state index contributed by atoms with van der Waals surface area (Å²) in [5.74, 6) is 0. The van der Waals surface area contributed by atoms with Crippen LogP contribution in [0.5, 0.6) is 0 Å². The lowest BCUT2D eigenvalue weighted by Crippen LogP contribution is -1.96.